The van der Waals surface area contributed by atoms with E-state index in [0.29, 0.717) is 24.7 Å². The number of anilines is 1. The summed E-state index contributed by atoms with van der Waals surface area (Å²) in [7, 11) is 0. The molecule has 0 amide bonds. The third-order valence-electron chi connectivity index (χ3n) is 1.86. The predicted molar refractivity (Wildman–Crippen MR) is 53.6 cm³/mol. The molecular formula is C9H12N4O. The number of ether oxygens (including phenoxy) is 1. The van der Waals surface area contributed by atoms with Crippen molar-refractivity contribution in [2.45, 2.75) is 13.5 Å². The zero-order valence-corrected chi connectivity index (χ0v) is 7.95. The number of hydrogen-bond donors (Lipinski definition) is 2. The van der Waals surface area contributed by atoms with Crippen LogP contribution in [0.3, 0.4) is 0 Å². The lowest BCUT2D eigenvalue weighted by Crippen LogP contribution is -1.93. The van der Waals surface area contributed by atoms with Crippen LogP contribution in [-0.4, -0.2) is 21.6 Å². The fraction of sp³-hybridized carbons (Fsp3) is 0.333. The third kappa shape index (κ3) is 1.67. The number of nitrogen functional groups attached to an aromatic ring is 1. The Morgan fingerprint density at radius 3 is 3.07 bits per heavy atom. The van der Waals surface area contributed by atoms with Gasteiger partial charge in [0, 0.05) is 6.61 Å². The van der Waals surface area contributed by atoms with Crippen molar-refractivity contribution in [3.63, 3.8) is 0 Å². The van der Waals surface area contributed by atoms with Crippen LogP contribution in [0.5, 0.6) is 0 Å². The molecule has 3 N–H and O–H groups in total. The number of nitrogens with zero attached hydrogens (tertiary/aromatic N) is 2. The minimum atomic E-state index is 0.479. The highest BCUT2D eigenvalue weighted by Crippen LogP contribution is 2.11. The summed E-state index contributed by atoms with van der Waals surface area (Å²) >= 11 is 0. The molecule has 0 unspecified atom stereocenters. The summed E-state index contributed by atoms with van der Waals surface area (Å²) in [6, 6.07) is 3.60. The van der Waals surface area contributed by atoms with Crippen molar-refractivity contribution in [1.29, 1.82) is 0 Å². The van der Waals surface area contributed by atoms with Crippen LogP contribution >= 0.6 is 0 Å². The molecule has 2 heterocycles. The van der Waals surface area contributed by atoms with E-state index in [-0.39, 0.29) is 0 Å². The Kier molecular flexibility index (Phi) is 2.32. The van der Waals surface area contributed by atoms with E-state index in [1.807, 2.05) is 13.0 Å². The van der Waals surface area contributed by atoms with Crippen LogP contribution in [0.15, 0.2) is 12.1 Å². The highest BCUT2D eigenvalue weighted by molar-refractivity contribution is 5.72. The van der Waals surface area contributed by atoms with Gasteiger partial charge in [-0.25, -0.2) is 9.97 Å². The molecule has 2 aromatic rings. The van der Waals surface area contributed by atoms with Crippen molar-refractivity contribution < 1.29 is 4.74 Å². The third-order valence-corrected chi connectivity index (χ3v) is 1.86. The molecule has 2 rings (SSSR count). The first kappa shape index (κ1) is 8.96. The number of hydrogen-bond acceptors (Lipinski definition) is 4. The summed E-state index contributed by atoms with van der Waals surface area (Å²) in [5, 5.41) is 0. The maximum Gasteiger partial charge on any atom is 0.179 e. The second-order valence-electron chi connectivity index (χ2n) is 2.93. The van der Waals surface area contributed by atoms with E-state index in [4.69, 9.17) is 10.5 Å². The lowest BCUT2D eigenvalue weighted by Gasteiger charge is -1.94. The highest BCUT2D eigenvalue weighted by atomic mass is 16.5. The molecule has 0 aromatic carbocycles. The molecule has 74 valence electrons. The molecule has 0 radical (unpaired) electrons. The molecular weight excluding hydrogens is 180 g/mol. The van der Waals surface area contributed by atoms with Crippen LogP contribution in [0.2, 0.25) is 0 Å². The van der Waals surface area contributed by atoms with Gasteiger partial charge >= 0.3 is 0 Å². The summed E-state index contributed by atoms with van der Waals surface area (Å²) in [4.78, 5) is 11.4. The largest absolute Gasteiger partial charge is 0.384 e. The fourth-order valence-corrected chi connectivity index (χ4v) is 1.22. The number of H-pyrrole nitrogens is 1. The van der Waals surface area contributed by atoms with E-state index in [9.17, 15) is 0 Å². The van der Waals surface area contributed by atoms with Gasteiger partial charge in [-0.3, -0.25) is 0 Å². The Balaban J connectivity index is 2.32. The smallest absolute Gasteiger partial charge is 0.179 e. The first-order valence-electron chi connectivity index (χ1n) is 4.48. The standard InChI is InChI=1S/C9H12N4O/c1-2-14-5-8-11-6-3-4-7(10)12-9(6)13-8/h3-4H,2,5H2,1H3,(H3,10,11,12,13). The van der Waals surface area contributed by atoms with Gasteiger partial charge in [-0.1, -0.05) is 0 Å². The summed E-state index contributed by atoms with van der Waals surface area (Å²) < 4.78 is 5.23. The molecule has 0 atom stereocenters. The molecule has 14 heavy (non-hydrogen) atoms. The number of rotatable bonds is 3. The average Bonchev–Trinajstić information content (AvgIpc) is 2.56. The average molecular weight is 192 g/mol. The van der Waals surface area contributed by atoms with Crippen molar-refractivity contribution in [2.75, 3.05) is 12.3 Å². The summed E-state index contributed by atoms with van der Waals surface area (Å²) in [5.41, 5.74) is 7.06. The quantitative estimate of drug-likeness (QED) is 0.762. The summed E-state index contributed by atoms with van der Waals surface area (Å²) in [6.07, 6.45) is 0. The topological polar surface area (TPSA) is 76.8 Å². The van der Waals surface area contributed by atoms with Gasteiger partial charge < -0.3 is 15.5 Å². The van der Waals surface area contributed by atoms with Crippen molar-refractivity contribution in [3.05, 3.63) is 18.0 Å². The van der Waals surface area contributed by atoms with E-state index in [2.05, 4.69) is 15.0 Å². The van der Waals surface area contributed by atoms with Gasteiger partial charge in [0.2, 0.25) is 0 Å². The Morgan fingerprint density at radius 1 is 1.43 bits per heavy atom. The van der Waals surface area contributed by atoms with E-state index < -0.39 is 0 Å². The van der Waals surface area contributed by atoms with Gasteiger partial charge in [0.15, 0.2) is 5.65 Å². The van der Waals surface area contributed by atoms with Crippen LogP contribution in [-0.2, 0) is 11.3 Å². The first-order valence-corrected chi connectivity index (χ1v) is 4.48. The minimum absolute atomic E-state index is 0.479. The Labute approximate surface area is 81.3 Å². The molecule has 0 aliphatic heterocycles. The predicted octanol–water partition coefficient (Wildman–Crippen LogP) is 1.08. The summed E-state index contributed by atoms with van der Waals surface area (Å²) in [6.45, 7) is 3.10. The van der Waals surface area contributed by atoms with Gasteiger partial charge in [-0.2, -0.15) is 0 Å². The van der Waals surface area contributed by atoms with Crippen LogP contribution in [0.25, 0.3) is 11.2 Å². The summed E-state index contributed by atoms with van der Waals surface area (Å²) in [5.74, 6) is 1.26. The monoisotopic (exact) mass is 192 g/mol. The first-order chi connectivity index (χ1) is 6.79. The van der Waals surface area contributed by atoms with Crippen LogP contribution in [0, 0.1) is 0 Å². The van der Waals surface area contributed by atoms with Gasteiger partial charge in [0.05, 0.1) is 5.52 Å². The Hall–Kier alpha value is -1.62. The Bertz CT molecular complexity index is 437. The zero-order chi connectivity index (χ0) is 9.97. The lowest BCUT2D eigenvalue weighted by molar-refractivity contribution is 0.129. The minimum Gasteiger partial charge on any atom is -0.384 e. The molecule has 5 heteroatoms. The lowest BCUT2D eigenvalue weighted by atomic mass is 10.4. The number of pyridine rings is 1. The molecule has 0 spiro atoms. The number of aromatic amines is 1. The van der Waals surface area contributed by atoms with Crippen molar-refractivity contribution in [2.24, 2.45) is 0 Å². The second-order valence-corrected chi connectivity index (χ2v) is 2.93. The maximum absolute atomic E-state index is 5.54. The molecule has 0 bridgehead atoms. The van der Waals surface area contributed by atoms with Gasteiger partial charge in [-0.15, -0.1) is 0 Å². The van der Waals surface area contributed by atoms with Gasteiger partial charge in [0.25, 0.3) is 0 Å². The van der Waals surface area contributed by atoms with E-state index in [1.165, 1.54) is 0 Å². The zero-order valence-electron chi connectivity index (χ0n) is 7.95. The van der Waals surface area contributed by atoms with Gasteiger partial charge in [-0.05, 0) is 19.1 Å². The van der Waals surface area contributed by atoms with Crippen LogP contribution in [0.1, 0.15) is 12.7 Å². The SMILES string of the molecule is CCOCc1nc2nc(N)ccc2[nH]1. The van der Waals surface area contributed by atoms with Crippen LogP contribution in [0.4, 0.5) is 5.82 Å². The second kappa shape index (κ2) is 3.63. The fourth-order valence-electron chi connectivity index (χ4n) is 1.22. The van der Waals surface area contributed by atoms with Gasteiger partial charge in [0.1, 0.15) is 18.2 Å². The van der Waals surface area contributed by atoms with E-state index in [0.717, 1.165) is 11.3 Å². The highest BCUT2D eigenvalue weighted by Gasteiger charge is 2.03. The maximum atomic E-state index is 5.54. The molecule has 0 aliphatic carbocycles. The molecule has 5 nitrogen and oxygen atoms in total. The molecule has 0 saturated carbocycles. The molecule has 2 aromatic heterocycles. The molecule has 0 fully saturated rings. The normalized spacial score (nSPS) is 10.9. The number of imidazole rings is 1. The number of nitrogens with two attached hydrogens (primary N) is 1. The Morgan fingerprint density at radius 2 is 2.29 bits per heavy atom. The number of nitrogens with one attached hydrogen (secondary N) is 1. The van der Waals surface area contributed by atoms with E-state index in [1.54, 1.807) is 6.07 Å². The van der Waals surface area contributed by atoms with E-state index >= 15 is 0 Å². The van der Waals surface area contributed by atoms with Crippen molar-refractivity contribution in [3.8, 4) is 0 Å². The van der Waals surface area contributed by atoms with Crippen molar-refractivity contribution in [1.82, 2.24) is 15.0 Å². The van der Waals surface area contributed by atoms with Crippen LogP contribution < -0.4 is 5.73 Å². The molecule has 0 aliphatic rings. The molecule has 0 saturated heterocycles. The van der Waals surface area contributed by atoms with Crippen molar-refractivity contribution >= 4 is 17.0 Å². The number of aromatic nitrogens is 3. The number of fused-ring (bicyclic) bond motifs is 1.